The molecule has 0 radical (unpaired) electrons. The molecular weight excluding hydrogens is 364 g/mol. The van der Waals surface area contributed by atoms with E-state index in [9.17, 15) is 13.2 Å². The maximum atomic E-state index is 12.7. The Balaban J connectivity index is 1.71. The SMILES string of the molecule is COC(=O)C1CCC(NS(=O)(=O)c2ccc(-c3ccccc3)c(N)c2)CC1. The summed E-state index contributed by atoms with van der Waals surface area (Å²) in [5.41, 5.74) is 8.26. The Morgan fingerprint density at radius 1 is 1.07 bits per heavy atom. The van der Waals surface area contributed by atoms with Crippen molar-refractivity contribution < 1.29 is 17.9 Å². The summed E-state index contributed by atoms with van der Waals surface area (Å²) in [6.45, 7) is 0. The number of methoxy groups -OCH3 is 1. The Morgan fingerprint density at radius 3 is 2.33 bits per heavy atom. The second-order valence-electron chi connectivity index (χ2n) is 6.81. The summed E-state index contributed by atoms with van der Waals surface area (Å²) in [7, 11) is -2.30. The van der Waals surface area contributed by atoms with Crippen LogP contribution in [0.25, 0.3) is 11.1 Å². The first-order valence-corrected chi connectivity index (χ1v) is 10.4. The highest BCUT2D eigenvalue weighted by atomic mass is 32.2. The van der Waals surface area contributed by atoms with Gasteiger partial charge in [-0.15, -0.1) is 0 Å². The normalized spacial score (nSPS) is 20.2. The van der Waals surface area contributed by atoms with Crippen molar-refractivity contribution in [3.63, 3.8) is 0 Å². The molecule has 0 spiro atoms. The van der Waals surface area contributed by atoms with E-state index in [0.717, 1.165) is 11.1 Å². The van der Waals surface area contributed by atoms with E-state index in [1.807, 2.05) is 30.3 Å². The first-order chi connectivity index (χ1) is 12.9. The molecule has 3 rings (SSSR count). The van der Waals surface area contributed by atoms with Gasteiger partial charge in [-0.1, -0.05) is 36.4 Å². The Kier molecular flexibility index (Phi) is 5.82. The maximum Gasteiger partial charge on any atom is 0.308 e. The summed E-state index contributed by atoms with van der Waals surface area (Å²) in [6, 6.07) is 14.2. The number of hydrogen-bond acceptors (Lipinski definition) is 5. The molecule has 6 nitrogen and oxygen atoms in total. The molecule has 2 aromatic carbocycles. The smallest absolute Gasteiger partial charge is 0.308 e. The third-order valence-corrected chi connectivity index (χ3v) is 6.52. The molecule has 0 atom stereocenters. The van der Waals surface area contributed by atoms with Crippen LogP contribution in [0.2, 0.25) is 0 Å². The molecule has 7 heteroatoms. The number of hydrogen-bond donors (Lipinski definition) is 2. The van der Waals surface area contributed by atoms with Gasteiger partial charge in [-0.05, 0) is 43.4 Å². The highest BCUT2D eigenvalue weighted by Gasteiger charge is 2.29. The largest absolute Gasteiger partial charge is 0.469 e. The van der Waals surface area contributed by atoms with Gasteiger partial charge in [-0.2, -0.15) is 0 Å². The van der Waals surface area contributed by atoms with Crippen molar-refractivity contribution >= 4 is 21.7 Å². The van der Waals surface area contributed by atoms with Gasteiger partial charge in [0.25, 0.3) is 0 Å². The van der Waals surface area contributed by atoms with E-state index >= 15 is 0 Å². The zero-order chi connectivity index (χ0) is 19.4. The molecule has 0 unspecified atom stereocenters. The van der Waals surface area contributed by atoms with Gasteiger partial charge in [0.2, 0.25) is 10.0 Å². The van der Waals surface area contributed by atoms with Crippen molar-refractivity contribution in [2.45, 2.75) is 36.6 Å². The van der Waals surface area contributed by atoms with E-state index in [0.29, 0.717) is 31.4 Å². The number of esters is 1. The number of nitrogen functional groups attached to an aromatic ring is 1. The summed E-state index contributed by atoms with van der Waals surface area (Å²) < 4.78 is 32.9. The summed E-state index contributed by atoms with van der Waals surface area (Å²) in [5, 5.41) is 0. The molecule has 27 heavy (non-hydrogen) atoms. The van der Waals surface area contributed by atoms with Crippen LogP contribution in [0.1, 0.15) is 25.7 Å². The lowest BCUT2D eigenvalue weighted by atomic mass is 9.86. The Morgan fingerprint density at radius 2 is 1.74 bits per heavy atom. The number of nitrogens with one attached hydrogen (secondary N) is 1. The van der Waals surface area contributed by atoms with Crippen molar-refractivity contribution in [2.24, 2.45) is 5.92 Å². The van der Waals surface area contributed by atoms with Crippen molar-refractivity contribution in [3.05, 3.63) is 48.5 Å². The van der Waals surface area contributed by atoms with Gasteiger partial charge in [0.15, 0.2) is 0 Å². The number of sulfonamides is 1. The molecule has 144 valence electrons. The average molecular weight is 388 g/mol. The molecule has 3 N–H and O–H groups in total. The monoisotopic (exact) mass is 388 g/mol. The summed E-state index contributed by atoms with van der Waals surface area (Å²) in [4.78, 5) is 11.7. The minimum Gasteiger partial charge on any atom is -0.469 e. The minimum atomic E-state index is -3.67. The van der Waals surface area contributed by atoms with Crippen LogP contribution >= 0.6 is 0 Å². The lowest BCUT2D eigenvalue weighted by Crippen LogP contribution is -2.38. The van der Waals surface area contributed by atoms with Gasteiger partial charge >= 0.3 is 5.97 Å². The van der Waals surface area contributed by atoms with Crippen LogP contribution in [0.5, 0.6) is 0 Å². The molecule has 0 aliphatic heterocycles. The molecule has 1 aliphatic rings. The van der Waals surface area contributed by atoms with Gasteiger partial charge in [0, 0.05) is 17.3 Å². The van der Waals surface area contributed by atoms with E-state index in [-0.39, 0.29) is 22.8 Å². The minimum absolute atomic E-state index is 0.142. The number of rotatable bonds is 5. The lowest BCUT2D eigenvalue weighted by Gasteiger charge is -2.27. The first kappa shape index (κ1) is 19.4. The van der Waals surface area contributed by atoms with Gasteiger partial charge < -0.3 is 10.5 Å². The van der Waals surface area contributed by atoms with Crippen LogP contribution in [-0.2, 0) is 19.6 Å². The first-order valence-electron chi connectivity index (χ1n) is 8.96. The standard InChI is InChI=1S/C20H24N2O4S/c1-26-20(23)15-7-9-16(10-8-15)22-27(24,25)17-11-12-18(19(21)13-17)14-5-3-2-4-6-14/h2-6,11-13,15-16,22H,7-10,21H2,1H3. The number of nitrogens with two attached hydrogens (primary N) is 1. The zero-order valence-electron chi connectivity index (χ0n) is 15.2. The van der Waals surface area contributed by atoms with Crippen LogP contribution < -0.4 is 10.5 Å². The predicted octanol–water partition coefficient (Wildman–Crippen LogP) is 2.95. The van der Waals surface area contributed by atoms with Gasteiger partial charge in [0.05, 0.1) is 17.9 Å². The van der Waals surface area contributed by atoms with Crippen molar-refractivity contribution in [1.82, 2.24) is 4.72 Å². The fourth-order valence-corrected chi connectivity index (χ4v) is 4.83. The number of benzene rings is 2. The second-order valence-corrected chi connectivity index (χ2v) is 8.52. The van der Waals surface area contributed by atoms with Gasteiger partial charge in [-0.25, -0.2) is 13.1 Å². The second kappa shape index (κ2) is 8.10. The summed E-state index contributed by atoms with van der Waals surface area (Å²) >= 11 is 0. The Labute approximate surface area is 159 Å². The van der Waals surface area contributed by atoms with E-state index in [2.05, 4.69) is 4.72 Å². The maximum absolute atomic E-state index is 12.7. The van der Waals surface area contributed by atoms with Crippen LogP contribution in [-0.4, -0.2) is 27.5 Å². The molecule has 0 heterocycles. The summed E-state index contributed by atoms with van der Waals surface area (Å²) in [5.74, 6) is -0.364. The van der Waals surface area contributed by atoms with Gasteiger partial charge in [0.1, 0.15) is 0 Å². The van der Waals surface area contributed by atoms with E-state index in [4.69, 9.17) is 10.5 Å². The lowest BCUT2D eigenvalue weighted by molar-refractivity contribution is -0.146. The number of carbonyl (C=O) groups excluding carboxylic acids is 1. The fourth-order valence-electron chi connectivity index (χ4n) is 3.49. The molecule has 0 bridgehead atoms. The average Bonchev–Trinajstić information content (AvgIpc) is 2.68. The van der Waals surface area contributed by atoms with Crippen LogP contribution in [0.4, 0.5) is 5.69 Å². The van der Waals surface area contributed by atoms with E-state index in [1.54, 1.807) is 12.1 Å². The topological polar surface area (TPSA) is 98.5 Å². The number of anilines is 1. The number of carbonyl (C=O) groups is 1. The quantitative estimate of drug-likeness (QED) is 0.606. The van der Waals surface area contributed by atoms with Crippen molar-refractivity contribution in [1.29, 1.82) is 0 Å². The van der Waals surface area contributed by atoms with Crippen LogP contribution in [0.3, 0.4) is 0 Å². The molecule has 1 fully saturated rings. The van der Waals surface area contributed by atoms with Crippen LogP contribution in [0.15, 0.2) is 53.4 Å². The highest BCUT2D eigenvalue weighted by molar-refractivity contribution is 7.89. The molecule has 0 aromatic heterocycles. The van der Waals surface area contributed by atoms with E-state index < -0.39 is 10.0 Å². The zero-order valence-corrected chi connectivity index (χ0v) is 16.0. The van der Waals surface area contributed by atoms with Crippen molar-refractivity contribution in [2.75, 3.05) is 12.8 Å². The van der Waals surface area contributed by atoms with Gasteiger partial charge in [-0.3, -0.25) is 4.79 Å². The van der Waals surface area contributed by atoms with Crippen LogP contribution in [0, 0.1) is 5.92 Å². The molecule has 1 saturated carbocycles. The highest BCUT2D eigenvalue weighted by Crippen LogP contribution is 2.29. The Bertz CT molecular complexity index is 905. The molecular formula is C20H24N2O4S. The third-order valence-electron chi connectivity index (χ3n) is 5.00. The molecule has 1 aliphatic carbocycles. The van der Waals surface area contributed by atoms with Crippen molar-refractivity contribution in [3.8, 4) is 11.1 Å². The summed E-state index contributed by atoms with van der Waals surface area (Å²) in [6.07, 6.45) is 2.46. The molecule has 0 saturated heterocycles. The molecule has 0 amide bonds. The fraction of sp³-hybridized carbons (Fsp3) is 0.350. The number of ether oxygens (including phenoxy) is 1. The predicted molar refractivity (Wildman–Crippen MR) is 104 cm³/mol. The molecule has 2 aromatic rings. The Hall–Kier alpha value is -2.38. The van der Waals surface area contributed by atoms with E-state index in [1.165, 1.54) is 13.2 Å². The third kappa shape index (κ3) is 4.48.